The van der Waals surface area contributed by atoms with Crippen molar-refractivity contribution in [1.82, 2.24) is 4.90 Å². The zero-order valence-electron chi connectivity index (χ0n) is 13.5. The van der Waals surface area contributed by atoms with Crippen LogP contribution in [0.15, 0.2) is 24.3 Å². The van der Waals surface area contributed by atoms with Crippen molar-refractivity contribution in [2.45, 2.75) is 57.2 Å². The highest BCUT2D eigenvalue weighted by Crippen LogP contribution is 2.46. The van der Waals surface area contributed by atoms with Crippen molar-refractivity contribution in [3.63, 3.8) is 0 Å². The third-order valence-corrected chi connectivity index (χ3v) is 5.91. The Kier molecular flexibility index (Phi) is 4.78. The van der Waals surface area contributed by atoms with Crippen LogP contribution in [0.5, 0.6) is 0 Å². The van der Waals surface area contributed by atoms with E-state index in [1.807, 2.05) is 13.8 Å². The predicted octanol–water partition coefficient (Wildman–Crippen LogP) is 3.81. The lowest BCUT2D eigenvalue weighted by Gasteiger charge is -2.42. The number of fused-ring (bicyclic) bond motifs is 2. The molecule has 2 aliphatic heterocycles. The van der Waals surface area contributed by atoms with Crippen LogP contribution in [0.2, 0.25) is 0 Å². The highest BCUT2D eigenvalue weighted by molar-refractivity contribution is 14.1. The van der Waals surface area contributed by atoms with Crippen LogP contribution in [-0.4, -0.2) is 36.1 Å². The van der Waals surface area contributed by atoms with E-state index in [0.717, 1.165) is 12.8 Å². The van der Waals surface area contributed by atoms with Crippen LogP contribution in [-0.2, 0) is 9.53 Å². The van der Waals surface area contributed by atoms with E-state index in [1.54, 1.807) is 0 Å². The van der Waals surface area contributed by atoms with Crippen molar-refractivity contribution in [3.05, 3.63) is 33.4 Å². The molecule has 0 amide bonds. The third kappa shape index (κ3) is 3.04. The molecule has 2 saturated heterocycles. The SMILES string of the molecule is CC(C)OC(=O)[C@H]1[C@@H](c2ccc(I)cc2)C[C@@H]2CC[C@@H]1N2C. The average Bonchev–Trinajstić information content (AvgIpc) is 2.71. The molecule has 4 heteroatoms. The Balaban J connectivity index is 1.91. The van der Waals surface area contributed by atoms with Crippen LogP contribution in [0.1, 0.15) is 44.6 Å². The van der Waals surface area contributed by atoms with Crippen molar-refractivity contribution >= 4 is 28.6 Å². The topological polar surface area (TPSA) is 29.5 Å². The lowest BCUT2D eigenvalue weighted by atomic mass is 9.76. The molecule has 3 rings (SSSR count). The van der Waals surface area contributed by atoms with Gasteiger partial charge in [-0.25, -0.2) is 0 Å². The fourth-order valence-electron chi connectivity index (χ4n) is 4.15. The minimum absolute atomic E-state index is 0.0178. The first kappa shape index (κ1) is 16.2. The molecule has 0 N–H and O–H groups in total. The molecule has 1 aromatic carbocycles. The summed E-state index contributed by atoms with van der Waals surface area (Å²) in [5.41, 5.74) is 1.29. The lowest BCUT2D eigenvalue weighted by molar-refractivity contribution is -0.157. The molecular formula is C18H24INO2. The van der Waals surface area contributed by atoms with E-state index in [1.165, 1.54) is 15.6 Å². The summed E-state index contributed by atoms with van der Waals surface area (Å²) in [4.78, 5) is 15.2. The predicted molar refractivity (Wildman–Crippen MR) is 95.8 cm³/mol. The van der Waals surface area contributed by atoms with Gasteiger partial charge in [-0.3, -0.25) is 9.69 Å². The van der Waals surface area contributed by atoms with Gasteiger partial charge in [0.05, 0.1) is 12.0 Å². The molecule has 0 unspecified atom stereocenters. The van der Waals surface area contributed by atoms with E-state index in [0.29, 0.717) is 12.1 Å². The van der Waals surface area contributed by atoms with Crippen LogP contribution in [0, 0.1) is 9.49 Å². The molecule has 0 radical (unpaired) electrons. The standard InChI is InChI=1S/C18H24INO2/c1-11(2)22-18(21)17-15(12-4-6-13(19)7-5-12)10-14-8-9-16(17)20(14)3/h4-7,11,14-17H,8-10H2,1-3H3/t14-,15+,16-,17-/m0/s1. The quantitative estimate of drug-likeness (QED) is 0.558. The second-order valence-corrected chi connectivity index (χ2v) is 8.11. The number of carbonyl (C=O) groups is 1. The second kappa shape index (κ2) is 6.48. The van der Waals surface area contributed by atoms with Gasteiger partial charge in [0.1, 0.15) is 0 Å². The molecule has 22 heavy (non-hydrogen) atoms. The molecule has 0 aromatic heterocycles. The summed E-state index contributed by atoms with van der Waals surface area (Å²) >= 11 is 2.33. The third-order valence-electron chi connectivity index (χ3n) is 5.19. The maximum atomic E-state index is 12.7. The maximum Gasteiger partial charge on any atom is 0.311 e. The Morgan fingerprint density at radius 1 is 1.27 bits per heavy atom. The number of hydrogen-bond acceptors (Lipinski definition) is 3. The van der Waals surface area contributed by atoms with Crippen LogP contribution in [0.4, 0.5) is 0 Å². The number of hydrogen-bond donors (Lipinski definition) is 0. The van der Waals surface area contributed by atoms with Crippen LogP contribution >= 0.6 is 22.6 Å². The smallest absolute Gasteiger partial charge is 0.311 e. The van der Waals surface area contributed by atoms with Gasteiger partial charge in [-0.1, -0.05) is 12.1 Å². The molecule has 2 bridgehead atoms. The molecule has 0 saturated carbocycles. The Morgan fingerprint density at radius 2 is 1.95 bits per heavy atom. The van der Waals surface area contributed by atoms with Crippen molar-refractivity contribution < 1.29 is 9.53 Å². The molecule has 0 aliphatic carbocycles. The summed E-state index contributed by atoms with van der Waals surface area (Å²) in [7, 11) is 2.17. The summed E-state index contributed by atoms with van der Waals surface area (Å²) in [6, 6.07) is 9.59. The van der Waals surface area contributed by atoms with Crippen molar-refractivity contribution in [1.29, 1.82) is 0 Å². The fourth-order valence-corrected chi connectivity index (χ4v) is 4.51. The fraction of sp³-hybridized carbons (Fsp3) is 0.611. The number of benzene rings is 1. The zero-order chi connectivity index (χ0) is 15.9. The van der Waals surface area contributed by atoms with E-state index in [2.05, 4.69) is 58.8 Å². The first-order valence-corrected chi connectivity index (χ1v) is 9.23. The summed E-state index contributed by atoms with van der Waals surface area (Å²) in [6.45, 7) is 3.86. The summed E-state index contributed by atoms with van der Waals surface area (Å²) in [6.07, 6.45) is 3.33. The Bertz CT molecular complexity index is 543. The van der Waals surface area contributed by atoms with E-state index in [-0.39, 0.29) is 23.9 Å². The zero-order valence-corrected chi connectivity index (χ0v) is 15.6. The van der Waals surface area contributed by atoms with Crippen molar-refractivity contribution in [2.24, 2.45) is 5.92 Å². The van der Waals surface area contributed by atoms with Gasteiger partial charge in [0.25, 0.3) is 0 Å². The van der Waals surface area contributed by atoms with E-state index in [4.69, 9.17) is 4.74 Å². The van der Waals surface area contributed by atoms with Gasteiger partial charge in [-0.05, 0) is 80.4 Å². The highest BCUT2D eigenvalue weighted by Gasteiger charge is 2.49. The highest BCUT2D eigenvalue weighted by atomic mass is 127. The van der Waals surface area contributed by atoms with Gasteiger partial charge < -0.3 is 4.74 Å². The summed E-state index contributed by atoms with van der Waals surface area (Å²) < 4.78 is 6.83. The monoisotopic (exact) mass is 413 g/mol. The Hall–Kier alpha value is -0.620. The number of carbonyl (C=O) groups excluding carboxylic acids is 1. The van der Waals surface area contributed by atoms with Crippen molar-refractivity contribution in [2.75, 3.05) is 7.05 Å². The van der Waals surface area contributed by atoms with E-state index in [9.17, 15) is 4.79 Å². The average molecular weight is 413 g/mol. The van der Waals surface area contributed by atoms with Gasteiger partial charge in [0.2, 0.25) is 0 Å². The van der Waals surface area contributed by atoms with Gasteiger partial charge in [-0.2, -0.15) is 0 Å². The van der Waals surface area contributed by atoms with E-state index < -0.39 is 0 Å². The maximum absolute atomic E-state index is 12.7. The number of rotatable bonds is 3. The molecular weight excluding hydrogens is 389 g/mol. The molecule has 120 valence electrons. The number of halogens is 1. The van der Waals surface area contributed by atoms with Crippen LogP contribution in [0.25, 0.3) is 0 Å². The number of ether oxygens (including phenoxy) is 1. The second-order valence-electron chi connectivity index (χ2n) is 6.87. The molecule has 2 aliphatic rings. The largest absolute Gasteiger partial charge is 0.463 e. The number of esters is 1. The van der Waals surface area contributed by atoms with E-state index >= 15 is 0 Å². The number of piperidine rings is 1. The number of nitrogens with zero attached hydrogens (tertiary/aromatic N) is 1. The molecule has 2 fully saturated rings. The first-order chi connectivity index (χ1) is 10.5. The minimum atomic E-state index is -0.0469. The molecule has 1 aromatic rings. The summed E-state index contributed by atoms with van der Waals surface area (Å²) in [5.74, 6) is 0.235. The van der Waals surface area contributed by atoms with Gasteiger partial charge in [0, 0.05) is 21.6 Å². The molecule has 2 heterocycles. The van der Waals surface area contributed by atoms with Crippen LogP contribution in [0.3, 0.4) is 0 Å². The Morgan fingerprint density at radius 3 is 2.59 bits per heavy atom. The normalized spacial score (nSPS) is 31.5. The van der Waals surface area contributed by atoms with Gasteiger partial charge >= 0.3 is 5.97 Å². The van der Waals surface area contributed by atoms with Gasteiger partial charge in [-0.15, -0.1) is 0 Å². The first-order valence-electron chi connectivity index (χ1n) is 8.15. The molecule has 3 nitrogen and oxygen atoms in total. The Labute approximate surface area is 146 Å². The lowest BCUT2D eigenvalue weighted by Crippen LogP contribution is -2.49. The van der Waals surface area contributed by atoms with Crippen molar-refractivity contribution in [3.8, 4) is 0 Å². The molecule has 4 atom stereocenters. The molecule has 0 spiro atoms. The van der Waals surface area contributed by atoms with Gasteiger partial charge in [0.15, 0.2) is 0 Å². The van der Waals surface area contributed by atoms with Crippen LogP contribution < -0.4 is 0 Å². The minimum Gasteiger partial charge on any atom is -0.463 e. The summed E-state index contributed by atoms with van der Waals surface area (Å²) in [5, 5.41) is 0.